The molecule has 6 nitrogen and oxygen atoms in total. The average molecular weight is 297 g/mol. The molecule has 0 amide bonds. The first-order valence-corrected chi connectivity index (χ1v) is 7.32. The van der Waals surface area contributed by atoms with Gasteiger partial charge in [-0.3, -0.25) is 14.6 Å². The van der Waals surface area contributed by atoms with Gasteiger partial charge in [0.05, 0.1) is 17.9 Å². The van der Waals surface area contributed by atoms with Crippen LogP contribution >= 0.6 is 0 Å². The van der Waals surface area contributed by atoms with Crippen LogP contribution in [-0.2, 0) is 19.6 Å². The lowest BCUT2D eigenvalue weighted by Gasteiger charge is -2.12. The number of aryl methyl sites for hydroxylation is 1. The summed E-state index contributed by atoms with van der Waals surface area (Å²) in [6, 6.07) is 9.71. The van der Waals surface area contributed by atoms with E-state index in [-0.39, 0.29) is 0 Å². The van der Waals surface area contributed by atoms with Gasteiger partial charge in [-0.1, -0.05) is 11.2 Å². The molecular formula is C16H19N5O. The molecule has 0 atom stereocenters. The lowest BCUT2D eigenvalue weighted by molar-refractivity contribution is 0.264. The quantitative estimate of drug-likeness (QED) is 0.700. The lowest BCUT2D eigenvalue weighted by Crippen LogP contribution is -2.17. The highest BCUT2D eigenvalue weighted by atomic mass is 16.5. The topological polar surface area (TPSA) is 60.0 Å². The number of aromatic nitrogens is 4. The number of pyridine rings is 1. The van der Waals surface area contributed by atoms with E-state index in [1.54, 1.807) is 6.20 Å². The van der Waals surface area contributed by atoms with Gasteiger partial charge in [-0.25, -0.2) is 0 Å². The van der Waals surface area contributed by atoms with E-state index < -0.39 is 0 Å². The molecule has 3 aromatic rings. The number of nitrogens with zero attached hydrogens (tertiary/aromatic N) is 5. The fourth-order valence-electron chi connectivity index (χ4n) is 2.29. The molecule has 0 bridgehead atoms. The number of rotatable bonds is 6. The standard InChI is InChI=1S/C16H19N5O/c1-3-21-9-7-13(18-21)11-20(2)12-14-10-16(19-22-14)15-6-4-5-8-17-15/h4-10H,3,11-12H2,1-2H3. The monoisotopic (exact) mass is 297 g/mol. The van der Waals surface area contributed by atoms with Gasteiger partial charge in [0.2, 0.25) is 0 Å². The minimum absolute atomic E-state index is 0.679. The average Bonchev–Trinajstić information content (AvgIpc) is 3.17. The van der Waals surface area contributed by atoms with E-state index in [0.717, 1.165) is 35.9 Å². The summed E-state index contributed by atoms with van der Waals surface area (Å²) < 4.78 is 7.32. The second-order valence-electron chi connectivity index (χ2n) is 5.23. The Morgan fingerprint density at radius 1 is 1.18 bits per heavy atom. The van der Waals surface area contributed by atoms with E-state index in [9.17, 15) is 0 Å². The van der Waals surface area contributed by atoms with Crippen molar-refractivity contribution in [3.8, 4) is 11.4 Å². The fraction of sp³-hybridized carbons (Fsp3) is 0.312. The molecule has 0 unspecified atom stereocenters. The Labute approximate surface area is 129 Å². The molecule has 3 heterocycles. The summed E-state index contributed by atoms with van der Waals surface area (Å²) in [5.41, 5.74) is 2.63. The summed E-state index contributed by atoms with van der Waals surface area (Å²) in [5, 5.41) is 8.56. The van der Waals surface area contributed by atoms with Crippen molar-refractivity contribution in [2.45, 2.75) is 26.6 Å². The molecule has 114 valence electrons. The second-order valence-corrected chi connectivity index (χ2v) is 5.23. The molecule has 0 aromatic carbocycles. The van der Waals surface area contributed by atoms with Crippen LogP contribution in [0, 0.1) is 0 Å². The van der Waals surface area contributed by atoms with Crippen molar-refractivity contribution in [1.82, 2.24) is 24.8 Å². The zero-order chi connectivity index (χ0) is 15.4. The van der Waals surface area contributed by atoms with Crippen molar-refractivity contribution in [2.75, 3.05) is 7.05 Å². The zero-order valence-corrected chi connectivity index (χ0v) is 12.8. The highest BCUT2D eigenvalue weighted by Crippen LogP contribution is 2.17. The van der Waals surface area contributed by atoms with Crippen molar-refractivity contribution in [1.29, 1.82) is 0 Å². The minimum atomic E-state index is 0.679. The molecule has 0 saturated heterocycles. The second kappa shape index (κ2) is 6.53. The molecule has 0 aliphatic carbocycles. The summed E-state index contributed by atoms with van der Waals surface area (Å²) in [7, 11) is 2.04. The van der Waals surface area contributed by atoms with Crippen LogP contribution in [0.5, 0.6) is 0 Å². The van der Waals surface area contributed by atoms with Crippen molar-refractivity contribution >= 4 is 0 Å². The fourth-order valence-corrected chi connectivity index (χ4v) is 2.29. The van der Waals surface area contributed by atoms with E-state index in [1.807, 2.05) is 48.3 Å². The molecule has 22 heavy (non-hydrogen) atoms. The van der Waals surface area contributed by atoms with Crippen LogP contribution in [0.1, 0.15) is 18.4 Å². The Balaban J connectivity index is 1.62. The summed E-state index contributed by atoms with van der Waals surface area (Å²) in [4.78, 5) is 6.42. The molecule has 0 aliphatic rings. The Kier molecular flexibility index (Phi) is 4.29. The van der Waals surface area contributed by atoms with Gasteiger partial charge in [-0.05, 0) is 32.2 Å². The summed E-state index contributed by atoms with van der Waals surface area (Å²) in [6.07, 6.45) is 3.75. The Morgan fingerprint density at radius 2 is 2.09 bits per heavy atom. The van der Waals surface area contributed by atoms with E-state index in [0.29, 0.717) is 6.54 Å². The minimum Gasteiger partial charge on any atom is -0.359 e. The first kappa shape index (κ1) is 14.5. The zero-order valence-electron chi connectivity index (χ0n) is 12.8. The smallest absolute Gasteiger partial charge is 0.151 e. The molecule has 0 radical (unpaired) electrons. The summed E-state index contributed by atoms with van der Waals surface area (Å²) in [6.45, 7) is 4.42. The summed E-state index contributed by atoms with van der Waals surface area (Å²) >= 11 is 0. The summed E-state index contributed by atoms with van der Waals surface area (Å²) in [5.74, 6) is 0.818. The molecular weight excluding hydrogens is 278 g/mol. The van der Waals surface area contributed by atoms with E-state index in [1.165, 1.54) is 0 Å². The third-order valence-electron chi connectivity index (χ3n) is 3.36. The van der Waals surface area contributed by atoms with Gasteiger partial charge in [-0.15, -0.1) is 0 Å². The Hall–Kier alpha value is -2.47. The highest BCUT2D eigenvalue weighted by Gasteiger charge is 2.10. The molecule has 0 fully saturated rings. The first-order chi connectivity index (χ1) is 10.7. The van der Waals surface area contributed by atoms with Crippen molar-refractivity contribution in [3.05, 3.63) is 54.2 Å². The predicted molar refractivity (Wildman–Crippen MR) is 82.8 cm³/mol. The molecule has 0 N–H and O–H groups in total. The molecule has 0 saturated carbocycles. The molecule has 3 aromatic heterocycles. The van der Waals surface area contributed by atoms with Crippen LogP contribution in [-0.4, -0.2) is 31.9 Å². The van der Waals surface area contributed by atoms with Gasteiger partial charge in [0.25, 0.3) is 0 Å². The highest BCUT2D eigenvalue weighted by molar-refractivity contribution is 5.52. The molecule has 6 heteroatoms. The van der Waals surface area contributed by atoms with Gasteiger partial charge >= 0.3 is 0 Å². The van der Waals surface area contributed by atoms with Crippen LogP contribution in [0.15, 0.2) is 47.2 Å². The molecule has 3 rings (SSSR count). The number of hydrogen-bond donors (Lipinski definition) is 0. The first-order valence-electron chi connectivity index (χ1n) is 7.32. The van der Waals surface area contributed by atoms with Gasteiger partial charge < -0.3 is 4.52 Å². The van der Waals surface area contributed by atoms with Gasteiger partial charge in [0.1, 0.15) is 5.69 Å². The molecule has 0 aliphatic heterocycles. The van der Waals surface area contributed by atoms with Crippen LogP contribution in [0.2, 0.25) is 0 Å². The normalized spacial score (nSPS) is 11.2. The van der Waals surface area contributed by atoms with E-state index in [2.05, 4.69) is 27.1 Å². The Morgan fingerprint density at radius 3 is 2.82 bits per heavy atom. The Bertz CT molecular complexity index is 719. The molecule has 0 spiro atoms. The van der Waals surface area contributed by atoms with Crippen molar-refractivity contribution in [2.24, 2.45) is 0 Å². The van der Waals surface area contributed by atoms with Gasteiger partial charge in [-0.2, -0.15) is 5.10 Å². The van der Waals surface area contributed by atoms with Crippen LogP contribution in [0.25, 0.3) is 11.4 Å². The number of hydrogen-bond acceptors (Lipinski definition) is 5. The maximum Gasteiger partial charge on any atom is 0.151 e. The van der Waals surface area contributed by atoms with Crippen LogP contribution in [0.3, 0.4) is 0 Å². The third kappa shape index (κ3) is 3.40. The maximum atomic E-state index is 5.40. The SMILES string of the molecule is CCn1ccc(CN(C)Cc2cc(-c3ccccn3)no2)n1. The third-order valence-corrected chi connectivity index (χ3v) is 3.36. The van der Waals surface area contributed by atoms with Crippen molar-refractivity contribution in [3.63, 3.8) is 0 Å². The van der Waals surface area contributed by atoms with Crippen LogP contribution in [0.4, 0.5) is 0 Å². The largest absolute Gasteiger partial charge is 0.359 e. The van der Waals surface area contributed by atoms with E-state index in [4.69, 9.17) is 4.52 Å². The van der Waals surface area contributed by atoms with E-state index >= 15 is 0 Å². The van der Waals surface area contributed by atoms with Gasteiger partial charge in [0.15, 0.2) is 5.76 Å². The van der Waals surface area contributed by atoms with Gasteiger partial charge in [0, 0.05) is 31.5 Å². The maximum absolute atomic E-state index is 5.40. The van der Waals surface area contributed by atoms with Crippen LogP contribution < -0.4 is 0 Å². The predicted octanol–water partition coefficient (Wildman–Crippen LogP) is 2.59. The lowest BCUT2D eigenvalue weighted by atomic mass is 10.2. The van der Waals surface area contributed by atoms with Crippen molar-refractivity contribution < 1.29 is 4.52 Å².